The number of aliphatic hydroxyl groups is 1. The van der Waals surface area contributed by atoms with Crippen molar-refractivity contribution in [3.8, 4) is 0 Å². The first-order valence-corrected chi connectivity index (χ1v) is 8.17. The molecular formula is C17H26ClNO2. The summed E-state index contributed by atoms with van der Waals surface area (Å²) < 4.78 is 6.03. The van der Waals surface area contributed by atoms with E-state index in [1.54, 1.807) is 12.4 Å². The van der Waals surface area contributed by atoms with Crippen LogP contribution in [0.25, 0.3) is 0 Å². The molecule has 21 heavy (non-hydrogen) atoms. The molecule has 1 aromatic rings. The Kier molecular flexibility index (Phi) is 5.29. The maximum atomic E-state index is 10.8. The molecule has 0 aromatic carbocycles. The minimum absolute atomic E-state index is 0.342. The van der Waals surface area contributed by atoms with E-state index >= 15 is 0 Å². The van der Waals surface area contributed by atoms with E-state index in [4.69, 9.17) is 16.3 Å². The van der Waals surface area contributed by atoms with Gasteiger partial charge in [-0.15, -0.1) is 0 Å². The van der Waals surface area contributed by atoms with Crippen molar-refractivity contribution >= 4 is 11.6 Å². The van der Waals surface area contributed by atoms with Gasteiger partial charge in [0.25, 0.3) is 0 Å². The number of pyridine rings is 1. The van der Waals surface area contributed by atoms with Crippen LogP contribution in [-0.4, -0.2) is 28.4 Å². The van der Waals surface area contributed by atoms with Crippen LogP contribution in [0.4, 0.5) is 0 Å². The molecule has 1 aliphatic rings. The van der Waals surface area contributed by atoms with Crippen molar-refractivity contribution in [3.63, 3.8) is 0 Å². The number of aromatic nitrogens is 1. The number of aliphatic hydroxyl groups excluding tert-OH is 1. The fourth-order valence-corrected chi connectivity index (χ4v) is 3.37. The molecule has 1 heterocycles. The van der Waals surface area contributed by atoms with Crippen molar-refractivity contribution in [2.24, 2.45) is 5.41 Å². The van der Waals surface area contributed by atoms with Gasteiger partial charge in [-0.25, -0.2) is 0 Å². The van der Waals surface area contributed by atoms with Gasteiger partial charge in [-0.2, -0.15) is 0 Å². The van der Waals surface area contributed by atoms with E-state index in [1.165, 1.54) is 0 Å². The van der Waals surface area contributed by atoms with Crippen molar-refractivity contribution in [1.82, 2.24) is 4.98 Å². The average molecular weight is 312 g/mol. The van der Waals surface area contributed by atoms with Gasteiger partial charge in [-0.05, 0) is 49.7 Å². The summed E-state index contributed by atoms with van der Waals surface area (Å²) in [5.74, 6) is 0. The van der Waals surface area contributed by atoms with E-state index in [1.807, 2.05) is 13.0 Å². The number of hydrogen-bond donors (Lipinski definition) is 1. The van der Waals surface area contributed by atoms with Crippen LogP contribution in [-0.2, 0) is 11.2 Å². The third kappa shape index (κ3) is 3.97. The Morgan fingerprint density at radius 3 is 2.57 bits per heavy atom. The highest BCUT2D eigenvalue weighted by atomic mass is 35.5. The van der Waals surface area contributed by atoms with E-state index in [-0.39, 0.29) is 0 Å². The number of halogens is 1. The summed E-state index contributed by atoms with van der Waals surface area (Å²) in [4.78, 5) is 3.99. The largest absolute Gasteiger partial charge is 0.390 e. The van der Waals surface area contributed by atoms with Crippen LogP contribution in [0, 0.1) is 5.41 Å². The Balaban J connectivity index is 2.13. The number of hydrogen-bond acceptors (Lipinski definition) is 3. The van der Waals surface area contributed by atoms with Gasteiger partial charge in [0.2, 0.25) is 0 Å². The fourth-order valence-electron chi connectivity index (χ4n) is 3.18. The maximum Gasteiger partial charge on any atom is 0.0943 e. The van der Waals surface area contributed by atoms with Gasteiger partial charge < -0.3 is 9.84 Å². The predicted octanol–water partition coefficient (Wildman–Crippen LogP) is 4.01. The molecule has 0 spiro atoms. The van der Waals surface area contributed by atoms with Crippen LogP contribution in [0.3, 0.4) is 0 Å². The lowest BCUT2D eigenvalue weighted by Crippen LogP contribution is -2.50. The number of rotatable bonds is 5. The van der Waals surface area contributed by atoms with Crippen molar-refractivity contribution in [1.29, 1.82) is 0 Å². The van der Waals surface area contributed by atoms with Crippen LogP contribution in [0.15, 0.2) is 18.5 Å². The lowest BCUT2D eigenvalue weighted by molar-refractivity contribution is -0.150. The van der Waals surface area contributed by atoms with Crippen LogP contribution in [0.1, 0.15) is 52.0 Å². The highest BCUT2D eigenvalue weighted by Crippen LogP contribution is 2.44. The standard InChI is InChI=1S/C17H26ClNO2/c1-4-21-17(8-6-16(2,3)7-9-17)15(20)11-13-5-10-19-12-14(13)18/h5,10,12,15,20H,4,6-9,11H2,1-3H3. The molecule has 0 amide bonds. The Morgan fingerprint density at radius 1 is 1.33 bits per heavy atom. The van der Waals surface area contributed by atoms with E-state index in [2.05, 4.69) is 18.8 Å². The second kappa shape index (κ2) is 6.64. The summed E-state index contributed by atoms with van der Waals surface area (Å²) in [6.45, 7) is 7.19. The summed E-state index contributed by atoms with van der Waals surface area (Å²) in [6.07, 6.45) is 7.28. The first-order valence-electron chi connectivity index (χ1n) is 7.79. The fraction of sp³-hybridized carbons (Fsp3) is 0.706. The van der Waals surface area contributed by atoms with Crippen molar-refractivity contribution in [3.05, 3.63) is 29.0 Å². The Hall–Kier alpha value is -0.640. The van der Waals surface area contributed by atoms with E-state index in [0.717, 1.165) is 31.2 Å². The molecule has 1 unspecified atom stereocenters. The van der Waals surface area contributed by atoms with Gasteiger partial charge in [-0.3, -0.25) is 4.98 Å². The monoisotopic (exact) mass is 311 g/mol. The van der Waals surface area contributed by atoms with Crippen molar-refractivity contribution < 1.29 is 9.84 Å². The molecule has 118 valence electrons. The van der Waals surface area contributed by atoms with Gasteiger partial charge in [0.1, 0.15) is 0 Å². The molecule has 0 aliphatic heterocycles. The number of nitrogens with zero attached hydrogens (tertiary/aromatic N) is 1. The lowest BCUT2D eigenvalue weighted by atomic mass is 9.68. The first-order chi connectivity index (χ1) is 9.88. The smallest absolute Gasteiger partial charge is 0.0943 e. The third-order valence-corrected chi connectivity index (χ3v) is 5.10. The molecule has 1 atom stereocenters. The molecule has 3 nitrogen and oxygen atoms in total. The van der Waals surface area contributed by atoms with Gasteiger partial charge in [-0.1, -0.05) is 25.4 Å². The quantitative estimate of drug-likeness (QED) is 0.893. The summed E-state index contributed by atoms with van der Waals surface area (Å²) in [5.41, 5.74) is 0.842. The first kappa shape index (κ1) is 16.7. The Bertz CT molecular complexity index is 466. The maximum absolute atomic E-state index is 10.8. The molecule has 1 aliphatic carbocycles. The molecular weight excluding hydrogens is 286 g/mol. The van der Waals surface area contributed by atoms with Crippen LogP contribution in [0.2, 0.25) is 5.02 Å². The zero-order valence-electron chi connectivity index (χ0n) is 13.2. The van der Waals surface area contributed by atoms with Gasteiger partial charge >= 0.3 is 0 Å². The second-order valence-corrected chi connectivity index (χ2v) is 7.26. The third-order valence-electron chi connectivity index (χ3n) is 4.76. The van der Waals surface area contributed by atoms with Crippen molar-refractivity contribution in [2.45, 2.75) is 64.6 Å². The van der Waals surface area contributed by atoms with Crippen molar-refractivity contribution in [2.75, 3.05) is 6.61 Å². The zero-order valence-corrected chi connectivity index (χ0v) is 14.0. The summed E-state index contributed by atoms with van der Waals surface area (Å²) in [5, 5.41) is 11.4. The summed E-state index contributed by atoms with van der Waals surface area (Å²) >= 11 is 6.16. The van der Waals surface area contributed by atoms with E-state index in [0.29, 0.717) is 23.5 Å². The SMILES string of the molecule is CCOC1(C(O)Cc2ccncc2Cl)CCC(C)(C)CC1. The molecule has 1 saturated carbocycles. The minimum Gasteiger partial charge on any atom is -0.390 e. The highest BCUT2D eigenvalue weighted by molar-refractivity contribution is 6.31. The van der Waals surface area contributed by atoms with Gasteiger partial charge in [0, 0.05) is 25.4 Å². The van der Waals surface area contributed by atoms with Crippen LogP contribution in [0.5, 0.6) is 0 Å². The molecule has 0 saturated heterocycles. The lowest BCUT2D eigenvalue weighted by Gasteiger charge is -2.46. The molecule has 4 heteroatoms. The second-order valence-electron chi connectivity index (χ2n) is 6.85. The normalized spacial score (nSPS) is 22.0. The molecule has 1 aromatic heterocycles. The highest BCUT2D eigenvalue weighted by Gasteiger charge is 2.44. The Morgan fingerprint density at radius 2 is 2.00 bits per heavy atom. The average Bonchev–Trinajstić information content (AvgIpc) is 2.44. The summed E-state index contributed by atoms with van der Waals surface area (Å²) in [6, 6.07) is 1.87. The molecule has 1 fully saturated rings. The van der Waals surface area contributed by atoms with Gasteiger partial charge in [0.15, 0.2) is 0 Å². The molecule has 2 rings (SSSR count). The topological polar surface area (TPSA) is 42.4 Å². The number of ether oxygens (including phenoxy) is 1. The molecule has 0 bridgehead atoms. The van der Waals surface area contributed by atoms with Crippen LogP contribution < -0.4 is 0 Å². The Labute approximate surface area is 132 Å². The molecule has 1 N–H and O–H groups in total. The van der Waals surface area contributed by atoms with Gasteiger partial charge in [0.05, 0.1) is 16.7 Å². The predicted molar refractivity (Wildman–Crippen MR) is 85.6 cm³/mol. The van der Waals surface area contributed by atoms with E-state index < -0.39 is 11.7 Å². The van der Waals surface area contributed by atoms with E-state index in [9.17, 15) is 5.11 Å². The van der Waals surface area contributed by atoms with Crippen LogP contribution >= 0.6 is 11.6 Å². The molecule has 0 radical (unpaired) electrons. The minimum atomic E-state index is -0.534. The summed E-state index contributed by atoms with van der Waals surface area (Å²) in [7, 11) is 0. The zero-order chi connectivity index (χ0) is 15.5.